The summed E-state index contributed by atoms with van der Waals surface area (Å²) < 4.78 is 0. The summed E-state index contributed by atoms with van der Waals surface area (Å²) in [5.41, 5.74) is 7.07. The largest absolute Gasteiger partial charge is 0.395 e. The summed E-state index contributed by atoms with van der Waals surface area (Å²) in [4.78, 5) is 9.46. The van der Waals surface area contributed by atoms with Gasteiger partial charge in [0, 0.05) is 5.56 Å². The van der Waals surface area contributed by atoms with Crippen LogP contribution in [0, 0.1) is 0 Å². The maximum absolute atomic E-state index is 5.60. The molecule has 0 spiro atoms. The van der Waals surface area contributed by atoms with E-state index < -0.39 is 0 Å². The van der Waals surface area contributed by atoms with Gasteiger partial charge in [0.25, 0.3) is 0 Å². The van der Waals surface area contributed by atoms with Crippen LogP contribution >= 0.6 is 0 Å². The number of fused-ring (bicyclic) bond motifs is 1. The molecule has 0 amide bonds. The van der Waals surface area contributed by atoms with Crippen molar-refractivity contribution in [2.24, 2.45) is 5.73 Å². The Kier molecular flexibility index (Phi) is 1.22. The summed E-state index contributed by atoms with van der Waals surface area (Å²) in [5, 5.41) is 0. The van der Waals surface area contributed by atoms with Gasteiger partial charge in [-0.2, -0.15) is 0 Å². The number of nitrogens with two attached hydrogens (primary N) is 1. The predicted octanol–water partition coefficient (Wildman–Crippen LogP) is 1.27. The van der Waals surface area contributed by atoms with Crippen molar-refractivity contribution in [2.75, 3.05) is 0 Å². The van der Waals surface area contributed by atoms with Crippen LogP contribution in [-0.2, 0) is 4.89 Å². The maximum Gasteiger partial charge on any atom is 0.187 e. The fourth-order valence-electron chi connectivity index (χ4n) is 0.969. The van der Waals surface area contributed by atoms with Gasteiger partial charge in [0.2, 0.25) is 0 Å². The second-order valence-electron chi connectivity index (χ2n) is 2.25. The minimum Gasteiger partial charge on any atom is -0.395 e. The van der Waals surface area contributed by atoms with Gasteiger partial charge in [-0.05, 0) is 12.1 Å². The van der Waals surface area contributed by atoms with E-state index in [9.17, 15) is 0 Å². The van der Waals surface area contributed by atoms with Gasteiger partial charge >= 0.3 is 0 Å². The van der Waals surface area contributed by atoms with Gasteiger partial charge in [-0.15, -0.1) is 0 Å². The zero-order chi connectivity index (χ0) is 7.68. The summed E-state index contributed by atoms with van der Waals surface area (Å²) in [5.74, 6) is 0.660. The fourth-order valence-corrected chi connectivity index (χ4v) is 0.969. The fraction of sp³-hybridized carbons (Fsp3) is 0. The Labute approximate surface area is 64.0 Å². The molecule has 3 heteroatoms. The Hall–Kier alpha value is -1.64. The molecule has 2 N–H and O–H groups in total. The molecule has 11 heavy (non-hydrogen) atoms. The van der Waals surface area contributed by atoms with Crippen LogP contribution in [0.25, 0.3) is 5.70 Å². The molecule has 0 saturated carbocycles. The molecule has 56 valence electrons. The molecule has 0 fully saturated rings. The van der Waals surface area contributed by atoms with E-state index in [1.165, 1.54) is 6.26 Å². The van der Waals surface area contributed by atoms with E-state index >= 15 is 0 Å². The van der Waals surface area contributed by atoms with E-state index in [1.54, 1.807) is 6.07 Å². The van der Waals surface area contributed by atoms with Gasteiger partial charge in [-0.1, -0.05) is 12.1 Å². The standard InChI is InChI=1S/C8H7NO2/c9-7-5-10-11-8-4-2-1-3-6(7)8/h1-5H,9H2. The van der Waals surface area contributed by atoms with Crippen molar-refractivity contribution in [1.29, 1.82) is 0 Å². The molecule has 0 atom stereocenters. The molecule has 0 saturated heterocycles. The minimum absolute atomic E-state index is 0.590. The van der Waals surface area contributed by atoms with Crippen LogP contribution < -0.4 is 10.6 Å². The normalized spacial score (nSPS) is 14.0. The molecule has 0 unspecified atom stereocenters. The molecule has 0 radical (unpaired) electrons. The van der Waals surface area contributed by atoms with E-state index in [2.05, 4.69) is 4.89 Å². The average molecular weight is 149 g/mol. The molecule has 1 aliphatic rings. The molecule has 0 aromatic heterocycles. The van der Waals surface area contributed by atoms with Crippen molar-refractivity contribution in [3.63, 3.8) is 0 Å². The van der Waals surface area contributed by atoms with Crippen molar-refractivity contribution in [1.82, 2.24) is 0 Å². The lowest BCUT2D eigenvalue weighted by Gasteiger charge is -2.12. The highest BCUT2D eigenvalue weighted by atomic mass is 17.2. The minimum atomic E-state index is 0.590. The zero-order valence-corrected chi connectivity index (χ0v) is 5.78. The number of rotatable bonds is 0. The third kappa shape index (κ3) is 0.902. The lowest BCUT2D eigenvalue weighted by Crippen LogP contribution is -2.07. The second-order valence-corrected chi connectivity index (χ2v) is 2.25. The summed E-state index contributed by atoms with van der Waals surface area (Å²) in [6.07, 6.45) is 1.38. The Bertz CT molecular complexity index is 307. The number of benzene rings is 1. The Morgan fingerprint density at radius 2 is 2.00 bits per heavy atom. The van der Waals surface area contributed by atoms with Crippen molar-refractivity contribution >= 4 is 5.70 Å². The molecule has 0 bridgehead atoms. The van der Waals surface area contributed by atoms with Crippen molar-refractivity contribution < 1.29 is 9.78 Å². The quantitative estimate of drug-likeness (QED) is 0.565. The van der Waals surface area contributed by atoms with Gasteiger partial charge in [0.15, 0.2) is 12.0 Å². The third-order valence-corrected chi connectivity index (χ3v) is 1.51. The van der Waals surface area contributed by atoms with E-state index in [-0.39, 0.29) is 0 Å². The maximum atomic E-state index is 5.60. The molecule has 3 nitrogen and oxygen atoms in total. The van der Waals surface area contributed by atoms with Crippen LogP contribution in [0.3, 0.4) is 0 Å². The van der Waals surface area contributed by atoms with Crippen molar-refractivity contribution in [3.8, 4) is 5.75 Å². The lowest BCUT2D eigenvalue weighted by atomic mass is 10.1. The highest BCUT2D eigenvalue weighted by Gasteiger charge is 2.10. The first-order valence-corrected chi connectivity index (χ1v) is 3.26. The van der Waals surface area contributed by atoms with E-state index in [4.69, 9.17) is 10.6 Å². The first kappa shape index (κ1) is 6.09. The van der Waals surface area contributed by atoms with Gasteiger partial charge in [-0.3, -0.25) is 9.78 Å². The first-order valence-electron chi connectivity index (χ1n) is 3.26. The first-order chi connectivity index (χ1) is 5.38. The molecule has 0 aliphatic carbocycles. The molecule has 1 aromatic carbocycles. The summed E-state index contributed by atoms with van der Waals surface area (Å²) in [6.45, 7) is 0. The molecular formula is C8H7NO2. The van der Waals surface area contributed by atoms with E-state index in [1.807, 2.05) is 18.2 Å². The number of hydrogen-bond donors (Lipinski definition) is 1. The summed E-state index contributed by atoms with van der Waals surface area (Å²) in [7, 11) is 0. The molecule has 1 aliphatic heterocycles. The highest BCUT2D eigenvalue weighted by molar-refractivity contribution is 5.67. The Morgan fingerprint density at radius 3 is 2.82 bits per heavy atom. The number of para-hydroxylation sites is 1. The third-order valence-electron chi connectivity index (χ3n) is 1.51. The topological polar surface area (TPSA) is 44.5 Å². The van der Waals surface area contributed by atoms with Crippen LogP contribution in [0.5, 0.6) is 5.75 Å². The van der Waals surface area contributed by atoms with Crippen molar-refractivity contribution in [2.45, 2.75) is 0 Å². The Morgan fingerprint density at radius 1 is 1.18 bits per heavy atom. The zero-order valence-electron chi connectivity index (χ0n) is 5.78. The SMILES string of the molecule is NC1=COOc2ccccc21. The van der Waals surface area contributed by atoms with Gasteiger partial charge < -0.3 is 5.73 Å². The summed E-state index contributed by atoms with van der Waals surface area (Å²) >= 11 is 0. The monoisotopic (exact) mass is 149 g/mol. The van der Waals surface area contributed by atoms with E-state index in [0.29, 0.717) is 11.4 Å². The van der Waals surface area contributed by atoms with Crippen LogP contribution in [0.4, 0.5) is 0 Å². The average Bonchev–Trinajstić information content (AvgIpc) is 2.06. The van der Waals surface area contributed by atoms with Gasteiger partial charge in [0.1, 0.15) is 0 Å². The van der Waals surface area contributed by atoms with Crippen LogP contribution in [-0.4, -0.2) is 0 Å². The van der Waals surface area contributed by atoms with E-state index in [0.717, 1.165) is 5.56 Å². The van der Waals surface area contributed by atoms with Crippen LogP contribution in [0.15, 0.2) is 30.5 Å². The molecular weight excluding hydrogens is 142 g/mol. The molecule has 1 aromatic rings. The molecule has 2 rings (SSSR count). The Balaban J connectivity index is 2.56. The van der Waals surface area contributed by atoms with Gasteiger partial charge in [-0.25, -0.2) is 0 Å². The number of hydrogen-bond acceptors (Lipinski definition) is 3. The van der Waals surface area contributed by atoms with Crippen molar-refractivity contribution in [3.05, 3.63) is 36.1 Å². The van der Waals surface area contributed by atoms with Gasteiger partial charge in [0.05, 0.1) is 5.70 Å². The van der Waals surface area contributed by atoms with Crippen LogP contribution in [0.1, 0.15) is 5.56 Å². The highest BCUT2D eigenvalue weighted by Crippen LogP contribution is 2.26. The predicted molar refractivity (Wildman–Crippen MR) is 40.3 cm³/mol. The smallest absolute Gasteiger partial charge is 0.187 e. The van der Waals surface area contributed by atoms with Crippen LogP contribution in [0.2, 0.25) is 0 Å². The second kappa shape index (κ2) is 2.20. The summed E-state index contributed by atoms with van der Waals surface area (Å²) in [6, 6.07) is 7.44. The lowest BCUT2D eigenvalue weighted by molar-refractivity contribution is -0.152. The molecule has 1 heterocycles.